The predicted octanol–water partition coefficient (Wildman–Crippen LogP) is 3.03. The van der Waals surface area contributed by atoms with E-state index in [2.05, 4.69) is 40.4 Å². The minimum Gasteiger partial charge on any atom is -0.382 e. The zero-order valence-electron chi connectivity index (χ0n) is 13.1. The molecule has 1 aromatic carbocycles. The smallest absolute Gasteiger partial charge is 0.206 e. The average molecular weight is 295 g/mol. The lowest BCUT2D eigenvalue weighted by atomic mass is 10.1. The van der Waals surface area contributed by atoms with Crippen LogP contribution in [0.1, 0.15) is 20.3 Å². The van der Waals surface area contributed by atoms with Gasteiger partial charge in [-0.3, -0.25) is 0 Å². The average Bonchev–Trinajstić information content (AvgIpc) is 2.77. The molecule has 4 rings (SSSR count). The van der Waals surface area contributed by atoms with Crippen LogP contribution < -0.4 is 10.6 Å². The van der Waals surface area contributed by atoms with Gasteiger partial charge in [0.25, 0.3) is 0 Å². The highest BCUT2D eigenvalue weighted by molar-refractivity contribution is 6.07. The van der Waals surface area contributed by atoms with Gasteiger partial charge in [-0.05, 0) is 18.4 Å². The lowest BCUT2D eigenvalue weighted by molar-refractivity contribution is 0.511. The Balaban J connectivity index is 2.07. The highest BCUT2D eigenvalue weighted by Crippen LogP contribution is 2.33. The van der Waals surface area contributed by atoms with E-state index in [-0.39, 0.29) is 0 Å². The van der Waals surface area contributed by atoms with Gasteiger partial charge in [-0.2, -0.15) is 0 Å². The molecule has 0 aliphatic carbocycles. The van der Waals surface area contributed by atoms with Gasteiger partial charge in [-0.25, -0.2) is 9.97 Å². The van der Waals surface area contributed by atoms with Gasteiger partial charge in [0.05, 0.1) is 11.0 Å². The maximum atomic E-state index is 6.19. The number of hydrogen-bond donors (Lipinski definition) is 1. The van der Waals surface area contributed by atoms with Gasteiger partial charge in [0, 0.05) is 25.0 Å². The van der Waals surface area contributed by atoms with Crippen molar-refractivity contribution in [3.8, 4) is 0 Å². The predicted molar refractivity (Wildman–Crippen MR) is 91.1 cm³/mol. The third-order valence-corrected chi connectivity index (χ3v) is 4.28. The quantitative estimate of drug-likeness (QED) is 0.807. The first-order valence-corrected chi connectivity index (χ1v) is 7.94. The van der Waals surface area contributed by atoms with Crippen LogP contribution in [-0.4, -0.2) is 27.6 Å². The molecule has 2 aromatic heterocycles. The van der Waals surface area contributed by atoms with Gasteiger partial charge in [0.15, 0.2) is 5.82 Å². The van der Waals surface area contributed by atoms with Gasteiger partial charge in [-0.1, -0.05) is 32.0 Å². The van der Waals surface area contributed by atoms with E-state index < -0.39 is 0 Å². The number of rotatable bonds is 3. The summed E-state index contributed by atoms with van der Waals surface area (Å²) in [6.07, 6.45) is 1.24. The molecule has 0 bridgehead atoms. The Hall–Kier alpha value is -2.30. The summed E-state index contributed by atoms with van der Waals surface area (Å²) in [7, 11) is 0. The Morgan fingerprint density at radius 2 is 1.95 bits per heavy atom. The molecule has 2 N–H and O–H groups in total. The number of nitrogens with zero attached hydrogens (tertiary/aromatic N) is 4. The van der Waals surface area contributed by atoms with Crippen LogP contribution >= 0.6 is 0 Å². The van der Waals surface area contributed by atoms with E-state index in [1.165, 1.54) is 6.42 Å². The molecule has 3 aromatic rings. The second-order valence-electron chi connectivity index (χ2n) is 6.47. The monoisotopic (exact) mass is 295 g/mol. The second kappa shape index (κ2) is 4.87. The van der Waals surface area contributed by atoms with Crippen molar-refractivity contribution in [2.75, 3.05) is 23.7 Å². The van der Waals surface area contributed by atoms with E-state index in [9.17, 15) is 0 Å². The first-order valence-electron chi connectivity index (χ1n) is 7.94. The lowest BCUT2D eigenvalue weighted by Crippen LogP contribution is -2.39. The molecule has 114 valence electrons. The fourth-order valence-electron chi connectivity index (χ4n) is 3.14. The number of benzene rings is 1. The maximum absolute atomic E-state index is 6.19. The van der Waals surface area contributed by atoms with Crippen molar-refractivity contribution in [3.63, 3.8) is 0 Å². The van der Waals surface area contributed by atoms with E-state index >= 15 is 0 Å². The molecule has 1 aliphatic heterocycles. The normalized spacial score (nSPS) is 15.0. The number of pyridine rings is 1. The summed E-state index contributed by atoms with van der Waals surface area (Å²) in [6.45, 7) is 7.56. The number of aromatic nitrogens is 3. The summed E-state index contributed by atoms with van der Waals surface area (Å²) in [6, 6.07) is 8.18. The van der Waals surface area contributed by atoms with E-state index in [0.717, 1.165) is 47.5 Å². The fraction of sp³-hybridized carbons (Fsp3) is 0.412. The molecule has 0 atom stereocenters. The van der Waals surface area contributed by atoms with Gasteiger partial charge in [-0.15, -0.1) is 0 Å². The summed E-state index contributed by atoms with van der Waals surface area (Å²) >= 11 is 0. The molecule has 0 unspecified atom stereocenters. The third kappa shape index (κ3) is 1.92. The number of anilines is 2. The number of nitrogen functional groups attached to an aromatic ring is 1. The van der Waals surface area contributed by atoms with Crippen molar-refractivity contribution >= 4 is 33.7 Å². The van der Waals surface area contributed by atoms with Crippen LogP contribution in [0.4, 0.5) is 11.8 Å². The van der Waals surface area contributed by atoms with E-state index in [4.69, 9.17) is 10.7 Å². The Kier molecular flexibility index (Phi) is 2.96. The molecular formula is C17H21N5. The van der Waals surface area contributed by atoms with Crippen LogP contribution in [0.2, 0.25) is 0 Å². The maximum Gasteiger partial charge on any atom is 0.206 e. The van der Waals surface area contributed by atoms with Gasteiger partial charge in [0.1, 0.15) is 5.52 Å². The zero-order chi connectivity index (χ0) is 15.3. The largest absolute Gasteiger partial charge is 0.382 e. The second-order valence-corrected chi connectivity index (χ2v) is 6.47. The number of para-hydroxylation sites is 1. The van der Waals surface area contributed by atoms with Gasteiger partial charge in [0.2, 0.25) is 5.95 Å². The summed E-state index contributed by atoms with van der Waals surface area (Å²) in [4.78, 5) is 11.7. The van der Waals surface area contributed by atoms with E-state index in [0.29, 0.717) is 11.7 Å². The summed E-state index contributed by atoms with van der Waals surface area (Å²) in [5, 5.41) is 1.13. The first kappa shape index (κ1) is 13.4. The third-order valence-electron chi connectivity index (χ3n) is 4.28. The Morgan fingerprint density at radius 3 is 2.64 bits per heavy atom. The lowest BCUT2D eigenvalue weighted by Gasteiger charge is -2.32. The van der Waals surface area contributed by atoms with Crippen molar-refractivity contribution in [3.05, 3.63) is 24.3 Å². The molecule has 1 fully saturated rings. The van der Waals surface area contributed by atoms with Crippen LogP contribution in [0.15, 0.2) is 24.3 Å². The van der Waals surface area contributed by atoms with Crippen molar-refractivity contribution in [2.24, 2.45) is 5.92 Å². The van der Waals surface area contributed by atoms with Gasteiger partial charge >= 0.3 is 0 Å². The molecule has 22 heavy (non-hydrogen) atoms. The number of imidazole rings is 1. The number of fused-ring (bicyclic) bond motifs is 3. The number of hydrogen-bond acceptors (Lipinski definition) is 4. The van der Waals surface area contributed by atoms with Crippen molar-refractivity contribution in [2.45, 2.75) is 26.8 Å². The van der Waals surface area contributed by atoms with Gasteiger partial charge < -0.3 is 15.2 Å². The van der Waals surface area contributed by atoms with Crippen LogP contribution in [0, 0.1) is 5.92 Å². The minimum atomic E-state index is 0.526. The van der Waals surface area contributed by atoms with E-state index in [1.807, 2.05) is 12.1 Å². The molecule has 1 saturated heterocycles. The highest BCUT2D eigenvalue weighted by Gasteiger charge is 2.24. The van der Waals surface area contributed by atoms with Crippen LogP contribution in [-0.2, 0) is 6.54 Å². The molecule has 5 nitrogen and oxygen atoms in total. The zero-order valence-corrected chi connectivity index (χ0v) is 13.1. The fourth-order valence-corrected chi connectivity index (χ4v) is 3.14. The number of nitrogens with two attached hydrogens (primary N) is 1. The summed E-state index contributed by atoms with van der Waals surface area (Å²) in [5.41, 5.74) is 9.09. The van der Waals surface area contributed by atoms with Crippen molar-refractivity contribution in [1.82, 2.24) is 14.5 Å². The van der Waals surface area contributed by atoms with Crippen molar-refractivity contribution < 1.29 is 0 Å². The van der Waals surface area contributed by atoms with Crippen LogP contribution in [0.25, 0.3) is 21.9 Å². The molecule has 0 saturated carbocycles. The van der Waals surface area contributed by atoms with E-state index in [1.54, 1.807) is 0 Å². The first-order chi connectivity index (χ1) is 10.6. The molecule has 0 radical (unpaired) electrons. The molecular weight excluding hydrogens is 274 g/mol. The Morgan fingerprint density at radius 1 is 1.18 bits per heavy atom. The molecule has 1 aliphatic rings. The Labute approximate surface area is 129 Å². The summed E-state index contributed by atoms with van der Waals surface area (Å²) < 4.78 is 2.33. The molecule has 0 amide bonds. The minimum absolute atomic E-state index is 0.526. The topological polar surface area (TPSA) is 60.0 Å². The standard InChI is InChI=1S/C17H21N5/c1-11(2)10-22-15-12-6-3-4-7-13(12)19-16(18)14(15)20-17(22)21-8-5-9-21/h3-4,6-7,11H,5,8-10H2,1-2H3,(H2,18,19). The SMILES string of the molecule is CC(C)Cn1c(N2CCC2)nc2c(N)nc3ccccc3c21. The van der Waals surface area contributed by atoms with Crippen LogP contribution in [0.3, 0.4) is 0 Å². The van der Waals surface area contributed by atoms with Crippen LogP contribution in [0.5, 0.6) is 0 Å². The Bertz CT molecular complexity index is 845. The molecule has 0 spiro atoms. The summed E-state index contributed by atoms with van der Waals surface area (Å²) in [5.74, 6) is 2.11. The molecule has 5 heteroatoms. The molecule has 3 heterocycles. The van der Waals surface area contributed by atoms with Crippen molar-refractivity contribution in [1.29, 1.82) is 0 Å². The highest BCUT2D eigenvalue weighted by atomic mass is 15.3.